The Morgan fingerprint density at radius 3 is 2.69 bits per heavy atom. The quantitative estimate of drug-likeness (QED) is 0.463. The fraction of sp³-hybridized carbons (Fsp3) is 0.909. The van der Waals surface area contributed by atoms with Crippen molar-refractivity contribution in [3.63, 3.8) is 0 Å². The van der Waals surface area contributed by atoms with Crippen LogP contribution in [0.2, 0.25) is 0 Å². The van der Waals surface area contributed by atoms with Crippen molar-refractivity contribution >= 4 is 17.7 Å². The van der Waals surface area contributed by atoms with Crippen LogP contribution in [0.1, 0.15) is 52.4 Å². The average molecular weight is 199 g/mol. The topological polar surface area (TPSA) is 12.4 Å². The van der Waals surface area contributed by atoms with Gasteiger partial charge in [0.2, 0.25) is 0 Å². The fourth-order valence-corrected chi connectivity index (χ4v) is 2.55. The second-order valence-corrected chi connectivity index (χ2v) is 4.72. The third kappa shape index (κ3) is 4.17. The number of rotatable bonds is 6. The summed E-state index contributed by atoms with van der Waals surface area (Å²) in [5, 5.41) is 0. The van der Waals surface area contributed by atoms with E-state index >= 15 is 0 Å². The van der Waals surface area contributed by atoms with E-state index in [4.69, 9.17) is 0 Å². The Bertz CT molecular complexity index is 165. The Labute approximate surface area is 86.5 Å². The summed E-state index contributed by atoms with van der Waals surface area (Å²) in [7, 11) is 0. The zero-order chi connectivity index (χ0) is 9.52. The fourth-order valence-electron chi connectivity index (χ4n) is 1.62. The van der Waals surface area contributed by atoms with Crippen LogP contribution < -0.4 is 0 Å². The van der Waals surface area contributed by atoms with Crippen LogP contribution in [0.4, 0.5) is 0 Å². The Morgan fingerprint density at radius 2 is 2.08 bits per heavy atom. The zero-order valence-electron chi connectivity index (χ0n) is 8.88. The van der Waals surface area contributed by atoms with Crippen LogP contribution in [-0.2, 0) is 0 Å². The molecular weight excluding hydrogens is 178 g/mol. The minimum atomic E-state index is 0.746. The van der Waals surface area contributed by atoms with Crippen LogP contribution in [0.5, 0.6) is 0 Å². The van der Waals surface area contributed by atoms with Crippen molar-refractivity contribution in [3.8, 4) is 0 Å². The molecule has 0 aromatic heterocycles. The van der Waals surface area contributed by atoms with E-state index in [2.05, 4.69) is 18.2 Å². The highest BCUT2D eigenvalue weighted by Crippen LogP contribution is 2.23. The third-order valence-electron chi connectivity index (χ3n) is 2.61. The van der Waals surface area contributed by atoms with Gasteiger partial charge in [-0.2, -0.15) is 0 Å². The highest BCUT2D eigenvalue weighted by atomic mass is 32.2. The number of hydrogen-bond donors (Lipinski definition) is 0. The van der Waals surface area contributed by atoms with Crippen LogP contribution in [0.25, 0.3) is 0 Å². The smallest absolute Gasteiger partial charge is 0.0299 e. The lowest BCUT2D eigenvalue weighted by Crippen LogP contribution is -2.07. The van der Waals surface area contributed by atoms with Crippen LogP contribution in [0.3, 0.4) is 0 Å². The molecule has 0 fully saturated rings. The number of nitrogens with zero attached hydrogens (tertiary/aromatic N) is 1. The van der Waals surface area contributed by atoms with Gasteiger partial charge in [-0.05, 0) is 24.8 Å². The van der Waals surface area contributed by atoms with Crippen LogP contribution >= 0.6 is 11.9 Å². The summed E-state index contributed by atoms with van der Waals surface area (Å²) in [4.78, 5) is 0. The molecule has 13 heavy (non-hydrogen) atoms. The van der Waals surface area contributed by atoms with Gasteiger partial charge in [-0.15, -0.1) is 0 Å². The Morgan fingerprint density at radius 1 is 1.31 bits per heavy atom. The van der Waals surface area contributed by atoms with Crippen LogP contribution in [0, 0.1) is 5.92 Å². The normalized spacial score (nSPS) is 22.0. The van der Waals surface area contributed by atoms with Crippen molar-refractivity contribution in [1.82, 2.24) is 0 Å². The van der Waals surface area contributed by atoms with E-state index in [9.17, 15) is 0 Å². The second-order valence-electron chi connectivity index (χ2n) is 3.94. The van der Waals surface area contributed by atoms with E-state index in [1.54, 1.807) is 11.9 Å². The van der Waals surface area contributed by atoms with Crippen molar-refractivity contribution in [3.05, 3.63) is 0 Å². The van der Waals surface area contributed by atoms with Gasteiger partial charge in [0, 0.05) is 17.4 Å². The lowest BCUT2D eigenvalue weighted by molar-refractivity contribution is 0.639. The van der Waals surface area contributed by atoms with Crippen LogP contribution in [-0.4, -0.2) is 11.5 Å². The molecule has 0 bridgehead atoms. The molecule has 0 N–H and O–H groups in total. The monoisotopic (exact) mass is 199 g/mol. The van der Waals surface area contributed by atoms with Gasteiger partial charge < -0.3 is 0 Å². The van der Waals surface area contributed by atoms with E-state index in [1.165, 1.54) is 50.0 Å². The van der Waals surface area contributed by atoms with Crippen LogP contribution in [0.15, 0.2) is 4.40 Å². The molecule has 0 spiro atoms. The molecule has 1 rings (SSSR count). The van der Waals surface area contributed by atoms with Gasteiger partial charge in [-0.25, -0.2) is 4.40 Å². The molecule has 1 nitrogen and oxygen atoms in total. The minimum Gasteiger partial charge on any atom is -0.225 e. The van der Waals surface area contributed by atoms with Gasteiger partial charge >= 0.3 is 0 Å². The molecule has 0 radical (unpaired) electrons. The molecule has 0 aromatic carbocycles. The highest BCUT2D eigenvalue weighted by molar-refractivity contribution is 7.98. The molecule has 2 heteroatoms. The lowest BCUT2D eigenvalue weighted by Gasteiger charge is -2.05. The van der Waals surface area contributed by atoms with Gasteiger partial charge in [0.25, 0.3) is 0 Å². The number of hydrogen-bond acceptors (Lipinski definition) is 2. The predicted molar refractivity (Wildman–Crippen MR) is 62.4 cm³/mol. The summed E-state index contributed by atoms with van der Waals surface area (Å²) in [6.45, 7) is 4.56. The average Bonchev–Trinajstić information content (AvgIpc) is 2.52. The summed E-state index contributed by atoms with van der Waals surface area (Å²) >= 11 is 1.75. The molecule has 0 saturated heterocycles. The van der Waals surface area contributed by atoms with Gasteiger partial charge in [-0.3, -0.25) is 0 Å². The molecule has 1 unspecified atom stereocenters. The molecule has 1 heterocycles. The molecule has 0 aromatic rings. The summed E-state index contributed by atoms with van der Waals surface area (Å²) in [6, 6.07) is 0. The van der Waals surface area contributed by atoms with Crippen molar-refractivity contribution in [2.75, 3.05) is 5.75 Å². The third-order valence-corrected chi connectivity index (χ3v) is 3.62. The second kappa shape index (κ2) is 6.47. The maximum Gasteiger partial charge on any atom is 0.0299 e. The first-order valence-corrected chi connectivity index (χ1v) is 6.47. The zero-order valence-corrected chi connectivity index (χ0v) is 9.70. The van der Waals surface area contributed by atoms with Gasteiger partial charge in [-0.1, -0.05) is 39.5 Å². The SMILES string of the molecule is CCCCCCCC1=NSCC1C. The standard InChI is InChI=1S/C11H21NS/c1-3-4-5-6-7-8-11-10(2)9-13-12-11/h10H,3-9H2,1-2H3. The van der Waals surface area contributed by atoms with E-state index in [0.717, 1.165) is 5.92 Å². The molecular formula is C11H21NS. The Kier molecular flexibility index (Phi) is 5.52. The predicted octanol–water partition coefficient (Wildman–Crippen LogP) is 4.09. The lowest BCUT2D eigenvalue weighted by atomic mass is 10.0. The van der Waals surface area contributed by atoms with Gasteiger partial charge in [0.15, 0.2) is 0 Å². The molecule has 0 amide bonds. The first kappa shape index (κ1) is 11.1. The highest BCUT2D eigenvalue weighted by Gasteiger charge is 2.15. The van der Waals surface area contributed by atoms with Crippen molar-refractivity contribution in [2.45, 2.75) is 52.4 Å². The summed E-state index contributed by atoms with van der Waals surface area (Å²) in [5.74, 6) is 1.96. The molecule has 0 aliphatic carbocycles. The molecule has 0 saturated carbocycles. The Hall–Kier alpha value is 0.0200. The molecule has 1 aliphatic rings. The number of unbranched alkanes of at least 4 members (excludes halogenated alkanes) is 4. The maximum absolute atomic E-state index is 4.47. The van der Waals surface area contributed by atoms with Gasteiger partial charge in [0.05, 0.1) is 0 Å². The van der Waals surface area contributed by atoms with Crippen molar-refractivity contribution in [2.24, 2.45) is 10.3 Å². The Balaban J connectivity index is 1.99. The van der Waals surface area contributed by atoms with Crippen molar-refractivity contribution in [1.29, 1.82) is 0 Å². The molecule has 1 atom stereocenters. The van der Waals surface area contributed by atoms with E-state index in [-0.39, 0.29) is 0 Å². The van der Waals surface area contributed by atoms with E-state index < -0.39 is 0 Å². The van der Waals surface area contributed by atoms with Crippen molar-refractivity contribution < 1.29 is 0 Å². The molecule has 76 valence electrons. The van der Waals surface area contributed by atoms with E-state index in [0.29, 0.717) is 0 Å². The van der Waals surface area contributed by atoms with E-state index in [1.807, 2.05) is 0 Å². The maximum atomic E-state index is 4.47. The first-order valence-electron chi connectivity index (χ1n) is 5.53. The summed E-state index contributed by atoms with van der Waals surface area (Å²) in [5.41, 5.74) is 1.46. The minimum absolute atomic E-state index is 0.746. The van der Waals surface area contributed by atoms with Gasteiger partial charge in [0.1, 0.15) is 0 Å². The first-order chi connectivity index (χ1) is 6.34. The summed E-state index contributed by atoms with van der Waals surface area (Å²) < 4.78 is 4.47. The molecule has 1 aliphatic heterocycles. The largest absolute Gasteiger partial charge is 0.225 e. The summed E-state index contributed by atoms with van der Waals surface area (Å²) in [6.07, 6.45) is 8.14.